The molecular weight excluding hydrogens is 255 g/mol. The first kappa shape index (κ1) is 17.1. The van der Waals surface area contributed by atoms with E-state index in [4.69, 9.17) is 4.74 Å². The molecule has 0 fully saturated rings. The highest BCUT2D eigenvalue weighted by Gasteiger charge is 2.14. The molecule has 2 unspecified atom stereocenters. The van der Waals surface area contributed by atoms with Gasteiger partial charge in [-0.1, -0.05) is 12.1 Å². The summed E-state index contributed by atoms with van der Waals surface area (Å²) in [7, 11) is 5.73. The quantitative estimate of drug-likeness (QED) is 0.793. The van der Waals surface area contributed by atoms with Crippen molar-refractivity contribution in [3.63, 3.8) is 0 Å². The van der Waals surface area contributed by atoms with Gasteiger partial charge in [0.15, 0.2) is 0 Å². The first-order chi connectivity index (χ1) is 9.49. The molecule has 0 aliphatic rings. The molecule has 114 valence electrons. The fourth-order valence-corrected chi connectivity index (χ4v) is 2.23. The number of nitrogens with one attached hydrogen (secondary N) is 1. The molecule has 0 aliphatic heterocycles. The van der Waals surface area contributed by atoms with Crippen LogP contribution in [0.3, 0.4) is 0 Å². The lowest BCUT2D eigenvalue weighted by atomic mass is 10.0. The van der Waals surface area contributed by atoms with Crippen LogP contribution in [0.1, 0.15) is 30.5 Å². The number of hydrogen-bond acceptors (Lipinski definition) is 3. The van der Waals surface area contributed by atoms with Crippen LogP contribution < -0.4 is 5.32 Å². The van der Waals surface area contributed by atoms with E-state index in [0.717, 1.165) is 25.1 Å². The molecule has 0 aliphatic carbocycles. The van der Waals surface area contributed by atoms with Crippen LogP contribution in [0.25, 0.3) is 0 Å². The van der Waals surface area contributed by atoms with E-state index in [0.29, 0.717) is 11.6 Å². The van der Waals surface area contributed by atoms with Crippen molar-refractivity contribution in [3.05, 3.63) is 35.1 Å². The summed E-state index contributed by atoms with van der Waals surface area (Å²) in [6.45, 7) is 5.59. The van der Waals surface area contributed by atoms with Crippen LogP contribution in [0.4, 0.5) is 4.39 Å². The number of likely N-dealkylation sites (N-methyl/N-ethyl adjacent to an activating group) is 1. The van der Waals surface area contributed by atoms with Crippen molar-refractivity contribution in [2.24, 2.45) is 0 Å². The molecule has 1 aromatic carbocycles. The van der Waals surface area contributed by atoms with E-state index < -0.39 is 0 Å². The number of aryl methyl sites for hydroxylation is 1. The summed E-state index contributed by atoms with van der Waals surface area (Å²) in [6, 6.07) is 6.02. The Morgan fingerprint density at radius 3 is 2.65 bits per heavy atom. The standard InChI is InChI=1S/C16H27FN2O/c1-12-6-7-14(10-15(12)17)16(18-3)8-9-19(4)13(2)11-20-5/h6-7,10,13,16,18H,8-9,11H2,1-5H3. The van der Waals surface area contributed by atoms with Crippen LogP contribution in [0.5, 0.6) is 0 Å². The van der Waals surface area contributed by atoms with E-state index in [2.05, 4.69) is 24.2 Å². The maximum atomic E-state index is 13.6. The lowest BCUT2D eigenvalue weighted by Gasteiger charge is -2.26. The Morgan fingerprint density at radius 1 is 1.40 bits per heavy atom. The van der Waals surface area contributed by atoms with Crippen LogP contribution in [0.15, 0.2) is 18.2 Å². The molecule has 0 amide bonds. The minimum Gasteiger partial charge on any atom is -0.383 e. The SMILES string of the molecule is CNC(CCN(C)C(C)COC)c1ccc(C)c(F)c1. The molecule has 0 saturated heterocycles. The van der Waals surface area contributed by atoms with Gasteiger partial charge in [-0.3, -0.25) is 0 Å². The summed E-state index contributed by atoms with van der Waals surface area (Å²) in [4.78, 5) is 2.26. The molecule has 0 bridgehead atoms. The van der Waals surface area contributed by atoms with Gasteiger partial charge in [-0.25, -0.2) is 4.39 Å². The van der Waals surface area contributed by atoms with Crippen molar-refractivity contribution in [3.8, 4) is 0 Å². The predicted octanol–water partition coefficient (Wildman–Crippen LogP) is 2.75. The van der Waals surface area contributed by atoms with E-state index in [1.54, 1.807) is 20.1 Å². The van der Waals surface area contributed by atoms with Gasteiger partial charge in [-0.2, -0.15) is 0 Å². The predicted molar refractivity (Wildman–Crippen MR) is 81.5 cm³/mol. The Labute approximate surface area is 122 Å². The van der Waals surface area contributed by atoms with Gasteiger partial charge < -0.3 is 15.0 Å². The van der Waals surface area contributed by atoms with Gasteiger partial charge in [0, 0.05) is 25.7 Å². The molecule has 0 radical (unpaired) electrons. The highest BCUT2D eigenvalue weighted by Crippen LogP contribution is 2.19. The van der Waals surface area contributed by atoms with Crippen LogP contribution >= 0.6 is 0 Å². The van der Waals surface area contributed by atoms with Gasteiger partial charge >= 0.3 is 0 Å². The Morgan fingerprint density at radius 2 is 2.10 bits per heavy atom. The second-order valence-electron chi connectivity index (χ2n) is 5.42. The third kappa shape index (κ3) is 4.85. The first-order valence-corrected chi connectivity index (χ1v) is 7.12. The second-order valence-corrected chi connectivity index (χ2v) is 5.42. The maximum Gasteiger partial charge on any atom is 0.126 e. The van der Waals surface area contributed by atoms with Crippen LogP contribution in [-0.4, -0.2) is 45.3 Å². The molecule has 1 N–H and O–H groups in total. The minimum atomic E-state index is -0.135. The normalized spacial score (nSPS) is 14.6. The highest BCUT2D eigenvalue weighted by molar-refractivity contribution is 5.25. The summed E-state index contributed by atoms with van der Waals surface area (Å²) in [6.07, 6.45) is 0.934. The average Bonchev–Trinajstić information content (AvgIpc) is 2.43. The molecule has 2 atom stereocenters. The summed E-state index contributed by atoms with van der Waals surface area (Å²) in [5.41, 5.74) is 1.69. The Hall–Kier alpha value is -0.970. The smallest absolute Gasteiger partial charge is 0.126 e. The number of rotatable bonds is 8. The largest absolute Gasteiger partial charge is 0.383 e. The average molecular weight is 282 g/mol. The summed E-state index contributed by atoms with van der Waals surface area (Å²) < 4.78 is 18.8. The molecule has 1 rings (SSSR count). The molecule has 3 nitrogen and oxygen atoms in total. The van der Waals surface area contributed by atoms with Crippen molar-refractivity contribution in [2.75, 3.05) is 34.4 Å². The highest BCUT2D eigenvalue weighted by atomic mass is 19.1. The number of ether oxygens (including phenoxy) is 1. The van der Waals surface area contributed by atoms with Crippen molar-refractivity contribution in [2.45, 2.75) is 32.4 Å². The van der Waals surface area contributed by atoms with Gasteiger partial charge in [0.2, 0.25) is 0 Å². The van der Waals surface area contributed by atoms with E-state index in [9.17, 15) is 4.39 Å². The Bertz CT molecular complexity index is 411. The molecule has 4 heteroatoms. The zero-order valence-electron chi connectivity index (χ0n) is 13.2. The molecular formula is C16H27FN2O. The molecule has 0 aromatic heterocycles. The monoisotopic (exact) mass is 282 g/mol. The van der Waals surface area contributed by atoms with Crippen molar-refractivity contribution < 1.29 is 9.13 Å². The minimum absolute atomic E-state index is 0.135. The Kier molecular flexibility index (Phi) is 7.13. The van der Waals surface area contributed by atoms with Crippen molar-refractivity contribution in [1.82, 2.24) is 10.2 Å². The van der Waals surface area contributed by atoms with Gasteiger partial charge in [-0.15, -0.1) is 0 Å². The second kappa shape index (κ2) is 8.35. The number of halogens is 1. The van der Waals surface area contributed by atoms with Crippen LogP contribution in [0, 0.1) is 12.7 Å². The molecule has 0 saturated carbocycles. The molecule has 0 spiro atoms. The van der Waals surface area contributed by atoms with Crippen LogP contribution in [0.2, 0.25) is 0 Å². The lowest BCUT2D eigenvalue weighted by Crippen LogP contribution is -2.35. The summed E-state index contributed by atoms with van der Waals surface area (Å²) in [5.74, 6) is -0.135. The number of methoxy groups -OCH3 is 1. The number of nitrogens with zero attached hydrogens (tertiary/aromatic N) is 1. The third-order valence-corrected chi connectivity index (χ3v) is 3.88. The zero-order valence-corrected chi connectivity index (χ0v) is 13.2. The Balaban J connectivity index is 2.61. The van der Waals surface area contributed by atoms with E-state index in [1.807, 2.05) is 19.2 Å². The van der Waals surface area contributed by atoms with Crippen molar-refractivity contribution in [1.29, 1.82) is 0 Å². The fraction of sp³-hybridized carbons (Fsp3) is 0.625. The van der Waals surface area contributed by atoms with E-state index in [-0.39, 0.29) is 11.9 Å². The fourth-order valence-electron chi connectivity index (χ4n) is 2.23. The number of hydrogen-bond donors (Lipinski definition) is 1. The third-order valence-electron chi connectivity index (χ3n) is 3.88. The lowest BCUT2D eigenvalue weighted by molar-refractivity contribution is 0.113. The molecule has 0 heterocycles. The van der Waals surface area contributed by atoms with E-state index in [1.165, 1.54) is 0 Å². The first-order valence-electron chi connectivity index (χ1n) is 7.12. The maximum absolute atomic E-state index is 13.6. The molecule has 1 aromatic rings. The topological polar surface area (TPSA) is 24.5 Å². The molecule has 20 heavy (non-hydrogen) atoms. The summed E-state index contributed by atoms with van der Waals surface area (Å²) >= 11 is 0. The van der Waals surface area contributed by atoms with Crippen molar-refractivity contribution >= 4 is 0 Å². The van der Waals surface area contributed by atoms with Gasteiger partial charge in [0.1, 0.15) is 5.82 Å². The van der Waals surface area contributed by atoms with Gasteiger partial charge in [0.25, 0.3) is 0 Å². The van der Waals surface area contributed by atoms with Gasteiger partial charge in [0.05, 0.1) is 6.61 Å². The number of benzene rings is 1. The van der Waals surface area contributed by atoms with Gasteiger partial charge in [-0.05, 0) is 51.6 Å². The van der Waals surface area contributed by atoms with E-state index >= 15 is 0 Å². The van der Waals surface area contributed by atoms with Crippen LogP contribution in [-0.2, 0) is 4.74 Å². The summed E-state index contributed by atoms with van der Waals surface area (Å²) in [5, 5.41) is 3.27. The zero-order chi connectivity index (χ0) is 15.1.